The highest BCUT2D eigenvalue weighted by Crippen LogP contribution is 2.43. The second-order valence-electron chi connectivity index (χ2n) is 8.81. The quantitative estimate of drug-likeness (QED) is 0.541. The van der Waals surface area contributed by atoms with Crippen LogP contribution in [0.4, 0.5) is 0 Å². The number of benzene rings is 1. The highest BCUT2D eigenvalue weighted by atomic mass is 16.7. The van der Waals surface area contributed by atoms with Crippen LogP contribution in [0, 0.1) is 10.8 Å². The lowest BCUT2D eigenvalue weighted by molar-refractivity contribution is -0.0663. The largest absolute Gasteiger partial charge is 0.465 e. The monoisotopic (exact) mass is 320 g/mol. The zero-order valence-corrected chi connectivity index (χ0v) is 16.4. The van der Waals surface area contributed by atoms with E-state index in [0.29, 0.717) is 11.3 Å². The maximum atomic E-state index is 5.93. The van der Waals surface area contributed by atoms with Gasteiger partial charge in [-0.25, -0.2) is 0 Å². The van der Waals surface area contributed by atoms with Crippen LogP contribution in [0.3, 0.4) is 0 Å². The Kier molecular flexibility index (Phi) is 7.13. The maximum absolute atomic E-state index is 5.93. The first-order valence-corrected chi connectivity index (χ1v) is 8.91. The molecule has 23 heavy (non-hydrogen) atoms. The maximum Gasteiger partial charge on any atom is 0.196 e. The molecule has 0 spiro atoms. The molecule has 1 aromatic carbocycles. The van der Waals surface area contributed by atoms with Gasteiger partial charge < -0.3 is 9.47 Å². The summed E-state index contributed by atoms with van der Waals surface area (Å²) in [4.78, 5) is 0. The lowest BCUT2D eigenvalue weighted by atomic mass is 9.69. The normalized spacial score (nSPS) is 15.3. The standard InChI is InChI=1S/C21H36O2/c1-9-13-22-16(2)23-18-12-10-11-17(14-18)19(21(6,7)8)15-20(3,4)5/h10-12,14,16,19H,9,13,15H2,1-8H3. The van der Waals surface area contributed by atoms with Crippen molar-refractivity contribution in [2.45, 2.75) is 80.4 Å². The predicted molar refractivity (Wildman–Crippen MR) is 99.0 cm³/mol. The zero-order valence-electron chi connectivity index (χ0n) is 16.4. The lowest BCUT2D eigenvalue weighted by Crippen LogP contribution is -2.24. The second kappa shape index (κ2) is 8.19. The van der Waals surface area contributed by atoms with E-state index >= 15 is 0 Å². The molecule has 2 unspecified atom stereocenters. The molecule has 0 N–H and O–H groups in total. The van der Waals surface area contributed by atoms with Crippen LogP contribution >= 0.6 is 0 Å². The van der Waals surface area contributed by atoms with Crippen molar-refractivity contribution in [3.63, 3.8) is 0 Å². The summed E-state index contributed by atoms with van der Waals surface area (Å²) in [6.45, 7) is 18.7. The van der Waals surface area contributed by atoms with Gasteiger partial charge >= 0.3 is 0 Å². The van der Waals surface area contributed by atoms with Gasteiger partial charge in [-0.2, -0.15) is 0 Å². The van der Waals surface area contributed by atoms with Gasteiger partial charge in [0.05, 0.1) is 6.61 Å². The Bertz CT molecular complexity index is 465. The van der Waals surface area contributed by atoms with E-state index in [1.54, 1.807) is 0 Å². The summed E-state index contributed by atoms with van der Waals surface area (Å²) < 4.78 is 11.5. The van der Waals surface area contributed by atoms with E-state index in [-0.39, 0.29) is 11.7 Å². The van der Waals surface area contributed by atoms with Gasteiger partial charge in [0.1, 0.15) is 5.75 Å². The van der Waals surface area contributed by atoms with E-state index in [1.807, 2.05) is 13.0 Å². The van der Waals surface area contributed by atoms with Gasteiger partial charge in [0, 0.05) is 0 Å². The minimum absolute atomic E-state index is 0.207. The Morgan fingerprint density at radius 3 is 2.22 bits per heavy atom. The van der Waals surface area contributed by atoms with E-state index in [0.717, 1.165) is 25.2 Å². The van der Waals surface area contributed by atoms with E-state index < -0.39 is 0 Å². The van der Waals surface area contributed by atoms with Crippen molar-refractivity contribution < 1.29 is 9.47 Å². The zero-order chi connectivity index (χ0) is 17.7. The Morgan fingerprint density at radius 2 is 1.70 bits per heavy atom. The van der Waals surface area contributed by atoms with Crippen LogP contribution in [0.2, 0.25) is 0 Å². The van der Waals surface area contributed by atoms with Crippen molar-refractivity contribution in [2.75, 3.05) is 6.61 Å². The van der Waals surface area contributed by atoms with Crippen LogP contribution in [0.25, 0.3) is 0 Å². The molecule has 0 radical (unpaired) electrons. The van der Waals surface area contributed by atoms with Crippen molar-refractivity contribution in [1.29, 1.82) is 0 Å². The van der Waals surface area contributed by atoms with Crippen molar-refractivity contribution in [1.82, 2.24) is 0 Å². The molecule has 2 atom stereocenters. The molecular formula is C21H36O2. The molecule has 0 aliphatic carbocycles. The van der Waals surface area contributed by atoms with E-state index in [4.69, 9.17) is 9.47 Å². The van der Waals surface area contributed by atoms with Crippen molar-refractivity contribution in [2.24, 2.45) is 10.8 Å². The molecule has 132 valence electrons. The molecule has 0 fully saturated rings. The third kappa shape index (κ3) is 7.39. The summed E-state index contributed by atoms with van der Waals surface area (Å²) in [5.74, 6) is 1.40. The summed E-state index contributed by atoms with van der Waals surface area (Å²) in [7, 11) is 0. The van der Waals surface area contributed by atoms with Crippen LogP contribution in [-0.2, 0) is 4.74 Å². The summed E-state index contributed by atoms with van der Waals surface area (Å²) in [6.07, 6.45) is 1.95. The molecule has 0 aromatic heterocycles. The molecule has 2 nitrogen and oxygen atoms in total. The van der Waals surface area contributed by atoms with E-state index in [2.05, 4.69) is 66.7 Å². The molecule has 0 aliphatic heterocycles. The third-order valence-electron chi connectivity index (χ3n) is 3.98. The minimum atomic E-state index is -0.207. The highest BCUT2D eigenvalue weighted by Gasteiger charge is 2.30. The highest BCUT2D eigenvalue weighted by molar-refractivity contribution is 5.32. The molecule has 0 amide bonds. The molecule has 0 saturated carbocycles. The number of hydrogen-bond donors (Lipinski definition) is 0. The molecular weight excluding hydrogens is 284 g/mol. The number of hydrogen-bond acceptors (Lipinski definition) is 2. The van der Waals surface area contributed by atoms with E-state index in [1.165, 1.54) is 5.56 Å². The van der Waals surface area contributed by atoms with Crippen LogP contribution in [0.15, 0.2) is 24.3 Å². The smallest absolute Gasteiger partial charge is 0.196 e. The Morgan fingerprint density at radius 1 is 1.04 bits per heavy atom. The molecule has 0 heterocycles. The number of ether oxygens (including phenoxy) is 2. The molecule has 2 heteroatoms. The van der Waals surface area contributed by atoms with Crippen LogP contribution < -0.4 is 4.74 Å². The first kappa shape index (κ1) is 20.0. The van der Waals surface area contributed by atoms with Crippen LogP contribution in [0.1, 0.15) is 79.7 Å². The minimum Gasteiger partial charge on any atom is -0.465 e. The first-order valence-electron chi connectivity index (χ1n) is 8.91. The first-order chi connectivity index (χ1) is 10.5. The van der Waals surface area contributed by atoms with Gasteiger partial charge in [-0.1, -0.05) is 60.6 Å². The van der Waals surface area contributed by atoms with E-state index in [9.17, 15) is 0 Å². The van der Waals surface area contributed by atoms with Crippen molar-refractivity contribution in [3.05, 3.63) is 29.8 Å². The van der Waals surface area contributed by atoms with Gasteiger partial charge in [0.2, 0.25) is 0 Å². The Balaban J connectivity index is 2.94. The topological polar surface area (TPSA) is 18.5 Å². The molecule has 0 bridgehead atoms. The van der Waals surface area contributed by atoms with Crippen molar-refractivity contribution >= 4 is 0 Å². The summed E-state index contributed by atoms with van der Waals surface area (Å²) in [5, 5.41) is 0. The van der Waals surface area contributed by atoms with Gasteiger partial charge in [-0.3, -0.25) is 0 Å². The summed E-state index contributed by atoms with van der Waals surface area (Å²) >= 11 is 0. The predicted octanol–water partition coefficient (Wildman–Crippen LogP) is 6.40. The SMILES string of the molecule is CCCOC(C)Oc1cccc(C(CC(C)(C)C)C(C)(C)C)c1. The summed E-state index contributed by atoms with van der Waals surface area (Å²) in [5.41, 5.74) is 1.87. The van der Waals surface area contributed by atoms with Gasteiger partial charge in [-0.15, -0.1) is 0 Å². The lowest BCUT2D eigenvalue weighted by Gasteiger charge is -2.36. The molecule has 0 aliphatic rings. The second-order valence-corrected chi connectivity index (χ2v) is 8.81. The fourth-order valence-electron chi connectivity index (χ4n) is 2.85. The molecule has 0 saturated heterocycles. The fraction of sp³-hybridized carbons (Fsp3) is 0.714. The van der Waals surface area contributed by atoms with Gasteiger partial charge in [-0.05, 0) is 54.2 Å². The average molecular weight is 321 g/mol. The molecule has 1 rings (SSSR count). The Labute approximate surface area is 143 Å². The molecule has 1 aromatic rings. The van der Waals surface area contributed by atoms with Crippen LogP contribution in [0.5, 0.6) is 5.75 Å². The Hall–Kier alpha value is -1.02. The van der Waals surface area contributed by atoms with Crippen molar-refractivity contribution in [3.8, 4) is 5.75 Å². The third-order valence-corrected chi connectivity index (χ3v) is 3.98. The fourth-order valence-corrected chi connectivity index (χ4v) is 2.85. The van der Waals surface area contributed by atoms with Gasteiger partial charge in [0.15, 0.2) is 6.29 Å². The summed E-state index contributed by atoms with van der Waals surface area (Å²) in [6, 6.07) is 8.53. The average Bonchev–Trinajstić information content (AvgIpc) is 2.41. The van der Waals surface area contributed by atoms with Gasteiger partial charge in [0.25, 0.3) is 0 Å². The van der Waals surface area contributed by atoms with Crippen LogP contribution in [-0.4, -0.2) is 12.9 Å². The number of rotatable bonds is 7.